The Hall–Kier alpha value is -1.77. The van der Waals surface area contributed by atoms with Gasteiger partial charge in [0, 0.05) is 11.9 Å². The molecule has 0 aliphatic carbocycles. The summed E-state index contributed by atoms with van der Waals surface area (Å²) in [5, 5.41) is 5.60. The van der Waals surface area contributed by atoms with Gasteiger partial charge in [-0.2, -0.15) is 0 Å². The van der Waals surface area contributed by atoms with Gasteiger partial charge in [-0.3, -0.25) is 0 Å². The molecule has 1 aromatic carbocycles. The fourth-order valence-corrected chi connectivity index (χ4v) is 1.61. The Balaban J connectivity index is 2.64. The van der Waals surface area contributed by atoms with Gasteiger partial charge in [-0.1, -0.05) is 59.2 Å². The van der Waals surface area contributed by atoms with E-state index in [1.807, 2.05) is 31.2 Å². The lowest BCUT2D eigenvalue weighted by Crippen LogP contribution is -2.25. The van der Waals surface area contributed by atoms with Crippen molar-refractivity contribution < 1.29 is 4.79 Å². The van der Waals surface area contributed by atoms with Gasteiger partial charge in [-0.05, 0) is 35.4 Å². The zero-order valence-corrected chi connectivity index (χ0v) is 14.3. The molecular formula is C18H28N2O. The number of hydrogen-bond acceptors (Lipinski definition) is 1. The number of amides is 2. The first-order valence-corrected chi connectivity index (χ1v) is 7.35. The first-order chi connectivity index (χ1) is 9.50. The molecule has 0 aliphatic rings. The number of allylic oxidation sites excluding steroid dienone is 1. The quantitative estimate of drug-likeness (QED) is 0.785. The molecule has 0 fully saturated rings. The van der Waals surface area contributed by atoms with Crippen molar-refractivity contribution in [2.75, 3.05) is 5.32 Å². The third kappa shape index (κ3) is 5.62. The van der Waals surface area contributed by atoms with Gasteiger partial charge in [-0.15, -0.1) is 0 Å². The minimum atomic E-state index is -0.220. The van der Waals surface area contributed by atoms with E-state index in [0.717, 1.165) is 11.3 Å². The maximum Gasteiger partial charge on any atom is 0.323 e. The number of rotatable bonds is 2. The zero-order valence-electron chi connectivity index (χ0n) is 14.3. The van der Waals surface area contributed by atoms with Crippen molar-refractivity contribution in [1.82, 2.24) is 5.32 Å². The van der Waals surface area contributed by atoms with E-state index in [9.17, 15) is 4.79 Å². The van der Waals surface area contributed by atoms with Crippen LogP contribution in [0.5, 0.6) is 0 Å². The Bertz CT molecular complexity index is 514. The first-order valence-electron chi connectivity index (χ1n) is 7.35. The van der Waals surface area contributed by atoms with Crippen molar-refractivity contribution in [2.45, 2.75) is 53.9 Å². The second kappa shape index (κ2) is 6.33. The van der Waals surface area contributed by atoms with Crippen molar-refractivity contribution in [1.29, 1.82) is 0 Å². The van der Waals surface area contributed by atoms with E-state index in [0.29, 0.717) is 0 Å². The zero-order chi connectivity index (χ0) is 16.3. The van der Waals surface area contributed by atoms with Crippen LogP contribution in [-0.4, -0.2) is 6.03 Å². The molecular weight excluding hydrogens is 260 g/mol. The summed E-state index contributed by atoms with van der Waals surface area (Å²) in [6.07, 6.45) is 1.76. The fraction of sp³-hybridized carbons (Fsp3) is 0.500. The van der Waals surface area contributed by atoms with E-state index in [1.165, 1.54) is 5.56 Å². The van der Waals surface area contributed by atoms with Crippen LogP contribution in [0.1, 0.15) is 54.0 Å². The largest absolute Gasteiger partial charge is 0.323 e. The Morgan fingerprint density at radius 1 is 1.00 bits per heavy atom. The van der Waals surface area contributed by atoms with Crippen LogP contribution in [-0.2, 0) is 5.41 Å². The third-order valence-electron chi connectivity index (χ3n) is 3.61. The molecule has 1 rings (SSSR count). The van der Waals surface area contributed by atoms with Crippen LogP contribution < -0.4 is 10.6 Å². The molecule has 0 aliphatic heterocycles. The Morgan fingerprint density at radius 2 is 1.52 bits per heavy atom. The minimum Gasteiger partial charge on any atom is -0.314 e. The van der Waals surface area contributed by atoms with Gasteiger partial charge in [-0.25, -0.2) is 4.79 Å². The van der Waals surface area contributed by atoms with Crippen LogP contribution in [0.2, 0.25) is 0 Å². The Kier molecular flexibility index (Phi) is 5.21. The maximum atomic E-state index is 11.9. The SMILES string of the molecule is C/C(=C\NC(=O)Nc1ccc(C(C)(C)C)cc1)C(C)(C)C. The average molecular weight is 288 g/mol. The molecule has 0 saturated heterocycles. The molecule has 0 bridgehead atoms. The molecule has 0 aromatic heterocycles. The van der Waals surface area contributed by atoms with Crippen molar-refractivity contribution >= 4 is 11.7 Å². The Morgan fingerprint density at radius 3 is 1.95 bits per heavy atom. The highest BCUT2D eigenvalue weighted by molar-refractivity contribution is 5.89. The summed E-state index contributed by atoms with van der Waals surface area (Å²) >= 11 is 0. The van der Waals surface area contributed by atoms with E-state index < -0.39 is 0 Å². The van der Waals surface area contributed by atoms with Crippen molar-refractivity contribution in [2.24, 2.45) is 5.41 Å². The molecule has 0 atom stereocenters. The van der Waals surface area contributed by atoms with E-state index in [4.69, 9.17) is 0 Å². The number of carbonyl (C=O) groups is 1. The molecule has 0 spiro atoms. The number of hydrogen-bond donors (Lipinski definition) is 2. The minimum absolute atomic E-state index is 0.0572. The van der Waals surface area contributed by atoms with Crippen molar-refractivity contribution in [3.8, 4) is 0 Å². The number of nitrogens with one attached hydrogen (secondary N) is 2. The van der Waals surface area contributed by atoms with Crippen LogP contribution in [0.4, 0.5) is 10.5 Å². The lowest BCUT2D eigenvalue weighted by atomic mass is 9.87. The fourth-order valence-electron chi connectivity index (χ4n) is 1.61. The lowest BCUT2D eigenvalue weighted by Gasteiger charge is -2.20. The highest BCUT2D eigenvalue weighted by Gasteiger charge is 2.14. The molecule has 0 radical (unpaired) electrons. The molecule has 0 saturated carbocycles. The highest BCUT2D eigenvalue weighted by Crippen LogP contribution is 2.24. The molecule has 3 heteroatoms. The van der Waals surface area contributed by atoms with Gasteiger partial charge in [0.25, 0.3) is 0 Å². The molecule has 2 amide bonds. The summed E-state index contributed by atoms with van der Waals surface area (Å²) < 4.78 is 0. The summed E-state index contributed by atoms with van der Waals surface area (Å²) in [7, 11) is 0. The van der Waals surface area contributed by atoms with E-state index >= 15 is 0 Å². The van der Waals surface area contributed by atoms with Crippen molar-refractivity contribution in [3.05, 3.63) is 41.6 Å². The van der Waals surface area contributed by atoms with E-state index in [2.05, 4.69) is 52.2 Å². The average Bonchev–Trinajstić information content (AvgIpc) is 2.34. The number of benzene rings is 1. The predicted molar refractivity (Wildman–Crippen MR) is 90.5 cm³/mol. The normalized spacial score (nSPS) is 13.0. The second-order valence-electron chi connectivity index (χ2n) is 7.50. The topological polar surface area (TPSA) is 41.1 Å². The second-order valence-corrected chi connectivity index (χ2v) is 7.50. The molecule has 116 valence electrons. The van der Waals surface area contributed by atoms with Gasteiger partial charge >= 0.3 is 6.03 Å². The number of urea groups is 1. The van der Waals surface area contributed by atoms with Gasteiger partial charge in [0.05, 0.1) is 0 Å². The van der Waals surface area contributed by atoms with Gasteiger partial charge in [0.2, 0.25) is 0 Å². The maximum absolute atomic E-state index is 11.9. The standard InChI is InChI=1S/C18H28N2O/c1-13(17(2,3)4)12-19-16(21)20-15-10-8-14(9-11-15)18(5,6)7/h8-12H,1-7H3,(H2,19,20,21)/b13-12+. The van der Waals surface area contributed by atoms with Crippen LogP contribution in [0.25, 0.3) is 0 Å². The summed E-state index contributed by atoms with van der Waals surface area (Å²) in [5.41, 5.74) is 3.34. The molecule has 0 heterocycles. The number of anilines is 1. The van der Waals surface area contributed by atoms with Crippen molar-refractivity contribution in [3.63, 3.8) is 0 Å². The molecule has 21 heavy (non-hydrogen) atoms. The monoisotopic (exact) mass is 288 g/mol. The van der Waals surface area contributed by atoms with E-state index in [-0.39, 0.29) is 16.9 Å². The summed E-state index contributed by atoms with van der Waals surface area (Å²) in [5.74, 6) is 0. The molecule has 0 unspecified atom stereocenters. The van der Waals surface area contributed by atoms with Crippen LogP contribution in [0.15, 0.2) is 36.0 Å². The molecule has 3 nitrogen and oxygen atoms in total. The van der Waals surface area contributed by atoms with E-state index in [1.54, 1.807) is 6.20 Å². The first kappa shape index (κ1) is 17.3. The highest BCUT2D eigenvalue weighted by atomic mass is 16.2. The van der Waals surface area contributed by atoms with Gasteiger partial charge in [0.1, 0.15) is 0 Å². The predicted octanol–water partition coefficient (Wildman–Crippen LogP) is 5.06. The van der Waals surface area contributed by atoms with Gasteiger partial charge in [0.15, 0.2) is 0 Å². The summed E-state index contributed by atoms with van der Waals surface area (Å²) in [6.45, 7) is 14.9. The van der Waals surface area contributed by atoms with Crippen LogP contribution >= 0.6 is 0 Å². The van der Waals surface area contributed by atoms with Crippen LogP contribution in [0.3, 0.4) is 0 Å². The summed E-state index contributed by atoms with van der Waals surface area (Å²) in [6, 6.07) is 7.74. The Labute approximate surface area is 128 Å². The third-order valence-corrected chi connectivity index (χ3v) is 3.61. The summed E-state index contributed by atoms with van der Waals surface area (Å²) in [4.78, 5) is 11.9. The molecule has 1 aromatic rings. The van der Waals surface area contributed by atoms with Crippen LogP contribution in [0, 0.1) is 5.41 Å². The van der Waals surface area contributed by atoms with Gasteiger partial charge < -0.3 is 10.6 Å². The molecule has 2 N–H and O–H groups in total. The number of carbonyl (C=O) groups excluding carboxylic acids is 1. The lowest BCUT2D eigenvalue weighted by molar-refractivity contribution is 0.255. The smallest absolute Gasteiger partial charge is 0.314 e.